The number of carbonyl (C=O) groups is 2. The van der Waals surface area contributed by atoms with Gasteiger partial charge in [-0.25, -0.2) is 0 Å². The second kappa shape index (κ2) is 6.22. The van der Waals surface area contributed by atoms with Crippen molar-refractivity contribution in [2.75, 3.05) is 13.2 Å². The zero-order chi connectivity index (χ0) is 15.6. The Morgan fingerprint density at radius 2 is 1.81 bits per heavy atom. The number of hydrogen-bond acceptors (Lipinski definition) is 4. The van der Waals surface area contributed by atoms with Crippen LogP contribution in [0.4, 0.5) is 0 Å². The number of nitrogens with two attached hydrogens (primary N) is 1. The van der Waals surface area contributed by atoms with Crippen molar-refractivity contribution in [2.24, 2.45) is 17.6 Å². The van der Waals surface area contributed by atoms with Gasteiger partial charge < -0.3 is 10.5 Å². The Hall–Kier alpha value is -1.95. The first-order chi connectivity index (χ1) is 9.93. The number of likely N-dealkylation sites (tertiary alicyclic amines) is 1. The summed E-state index contributed by atoms with van der Waals surface area (Å²) in [6.07, 6.45) is 0. The minimum Gasteiger partial charge on any atom is -0.491 e. The molecular weight excluding hydrogens is 288 g/mol. The number of imide groups is 1. The molecule has 2 atom stereocenters. The predicted molar refractivity (Wildman–Crippen MR) is 82.9 cm³/mol. The molecule has 1 aromatic carbocycles. The van der Waals surface area contributed by atoms with E-state index in [0.717, 1.165) is 0 Å². The lowest BCUT2D eigenvalue weighted by Crippen LogP contribution is -2.34. The quantitative estimate of drug-likeness (QED) is 0.656. The number of benzene rings is 1. The lowest BCUT2D eigenvalue weighted by molar-refractivity contribution is -0.140. The smallest absolute Gasteiger partial charge is 0.232 e. The molecule has 0 aliphatic carbocycles. The van der Waals surface area contributed by atoms with Crippen molar-refractivity contribution in [3.8, 4) is 5.75 Å². The molecule has 21 heavy (non-hydrogen) atoms. The van der Waals surface area contributed by atoms with E-state index in [4.69, 9.17) is 22.7 Å². The average Bonchev–Trinajstić information content (AvgIpc) is 2.65. The van der Waals surface area contributed by atoms with Crippen LogP contribution in [0.15, 0.2) is 24.3 Å². The Labute approximate surface area is 129 Å². The molecule has 1 aliphatic rings. The highest BCUT2D eigenvalue weighted by Gasteiger charge is 2.41. The van der Waals surface area contributed by atoms with Gasteiger partial charge in [-0.1, -0.05) is 38.2 Å². The van der Waals surface area contributed by atoms with Crippen LogP contribution in [0.25, 0.3) is 0 Å². The zero-order valence-electron chi connectivity index (χ0n) is 12.0. The standard InChI is InChI=1S/C15H18N2O3S/c1-9-10(2)15(19)17(14(9)18)7-8-20-12-6-4-3-5-11(12)13(16)21/h3-6,9-10H,7-8H2,1-2H3,(H2,16,21). The third-order valence-electron chi connectivity index (χ3n) is 3.79. The van der Waals surface area contributed by atoms with Crippen LogP contribution in [0.2, 0.25) is 0 Å². The first-order valence-corrected chi connectivity index (χ1v) is 7.21. The molecule has 6 heteroatoms. The number of para-hydroxylation sites is 1. The molecule has 0 spiro atoms. The molecule has 0 saturated carbocycles. The monoisotopic (exact) mass is 306 g/mol. The van der Waals surface area contributed by atoms with Gasteiger partial charge in [-0.2, -0.15) is 0 Å². The molecule has 1 heterocycles. The van der Waals surface area contributed by atoms with E-state index in [9.17, 15) is 9.59 Å². The Bertz CT molecular complexity index is 568. The lowest BCUT2D eigenvalue weighted by Gasteiger charge is -2.16. The van der Waals surface area contributed by atoms with Crippen LogP contribution in [0.5, 0.6) is 5.75 Å². The van der Waals surface area contributed by atoms with Gasteiger partial charge in [0, 0.05) is 11.8 Å². The predicted octanol–water partition coefficient (Wildman–Crippen LogP) is 1.34. The van der Waals surface area contributed by atoms with Gasteiger partial charge in [0.25, 0.3) is 0 Å². The van der Waals surface area contributed by atoms with Crippen molar-refractivity contribution in [1.29, 1.82) is 0 Å². The van der Waals surface area contributed by atoms with Crippen LogP contribution < -0.4 is 10.5 Å². The van der Waals surface area contributed by atoms with E-state index in [1.54, 1.807) is 26.0 Å². The fourth-order valence-electron chi connectivity index (χ4n) is 2.29. The number of ether oxygens (including phenoxy) is 1. The van der Waals surface area contributed by atoms with Crippen LogP contribution in [0.3, 0.4) is 0 Å². The Balaban J connectivity index is 1.98. The number of hydrogen-bond donors (Lipinski definition) is 1. The van der Waals surface area contributed by atoms with E-state index < -0.39 is 0 Å². The normalized spacial score (nSPS) is 21.7. The number of nitrogens with zero attached hydrogens (tertiary/aromatic N) is 1. The van der Waals surface area contributed by atoms with Gasteiger partial charge in [0.05, 0.1) is 12.1 Å². The van der Waals surface area contributed by atoms with Gasteiger partial charge in [0.15, 0.2) is 0 Å². The molecular formula is C15H18N2O3S. The summed E-state index contributed by atoms with van der Waals surface area (Å²) in [5.74, 6) is -0.245. The summed E-state index contributed by atoms with van der Waals surface area (Å²) in [5.41, 5.74) is 6.27. The van der Waals surface area contributed by atoms with Gasteiger partial charge in [-0.15, -0.1) is 0 Å². The molecule has 2 unspecified atom stereocenters. The molecule has 0 bridgehead atoms. The number of rotatable bonds is 5. The van der Waals surface area contributed by atoms with Crippen molar-refractivity contribution in [3.05, 3.63) is 29.8 Å². The SMILES string of the molecule is CC1C(=O)N(CCOc2ccccc2C(N)=S)C(=O)C1C. The molecule has 1 aromatic rings. The van der Waals surface area contributed by atoms with Crippen molar-refractivity contribution in [2.45, 2.75) is 13.8 Å². The minimum atomic E-state index is -0.263. The molecule has 1 saturated heterocycles. The summed E-state index contributed by atoms with van der Waals surface area (Å²) in [7, 11) is 0. The van der Waals surface area contributed by atoms with E-state index in [0.29, 0.717) is 11.3 Å². The van der Waals surface area contributed by atoms with Crippen LogP contribution >= 0.6 is 12.2 Å². The lowest BCUT2D eigenvalue weighted by atomic mass is 10.00. The first kappa shape index (κ1) is 15.4. The van der Waals surface area contributed by atoms with Gasteiger partial charge in [-0.3, -0.25) is 14.5 Å². The van der Waals surface area contributed by atoms with Crippen molar-refractivity contribution in [3.63, 3.8) is 0 Å². The van der Waals surface area contributed by atoms with Crippen molar-refractivity contribution in [1.82, 2.24) is 4.90 Å². The molecule has 2 amide bonds. The van der Waals surface area contributed by atoms with Crippen LogP contribution in [0, 0.1) is 11.8 Å². The highest BCUT2D eigenvalue weighted by atomic mass is 32.1. The van der Waals surface area contributed by atoms with E-state index >= 15 is 0 Å². The summed E-state index contributed by atoms with van der Waals surface area (Å²) < 4.78 is 5.61. The minimum absolute atomic E-state index is 0.140. The second-order valence-corrected chi connectivity index (χ2v) is 5.55. The molecule has 5 nitrogen and oxygen atoms in total. The fourth-order valence-corrected chi connectivity index (χ4v) is 2.46. The van der Waals surface area contributed by atoms with Gasteiger partial charge in [0.1, 0.15) is 17.3 Å². The molecule has 0 aromatic heterocycles. The molecule has 112 valence electrons. The number of carbonyl (C=O) groups excluding carboxylic acids is 2. The third-order valence-corrected chi connectivity index (χ3v) is 4.01. The van der Waals surface area contributed by atoms with Crippen molar-refractivity contribution >= 4 is 29.0 Å². The fraction of sp³-hybridized carbons (Fsp3) is 0.400. The third kappa shape index (κ3) is 3.05. The van der Waals surface area contributed by atoms with E-state index in [2.05, 4.69) is 0 Å². The van der Waals surface area contributed by atoms with Crippen LogP contribution in [0.1, 0.15) is 19.4 Å². The van der Waals surface area contributed by atoms with E-state index in [1.165, 1.54) is 4.90 Å². The Kier molecular flexibility index (Phi) is 4.57. The van der Waals surface area contributed by atoms with E-state index in [1.807, 2.05) is 12.1 Å². The summed E-state index contributed by atoms with van der Waals surface area (Å²) in [6.45, 7) is 4.00. The Morgan fingerprint density at radius 3 is 2.38 bits per heavy atom. The van der Waals surface area contributed by atoms with Crippen LogP contribution in [-0.2, 0) is 9.59 Å². The molecule has 2 N–H and O–H groups in total. The topological polar surface area (TPSA) is 72.6 Å². The summed E-state index contributed by atoms with van der Waals surface area (Å²) in [6, 6.07) is 7.16. The maximum absolute atomic E-state index is 12.0. The highest BCUT2D eigenvalue weighted by Crippen LogP contribution is 2.25. The van der Waals surface area contributed by atoms with Crippen molar-refractivity contribution < 1.29 is 14.3 Å². The Morgan fingerprint density at radius 1 is 1.24 bits per heavy atom. The molecule has 1 fully saturated rings. The number of thiocarbonyl (C=S) groups is 1. The van der Waals surface area contributed by atoms with Gasteiger partial charge >= 0.3 is 0 Å². The highest BCUT2D eigenvalue weighted by molar-refractivity contribution is 7.80. The largest absolute Gasteiger partial charge is 0.491 e. The summed E-state index contributed by atoms with van der Waals surface area (Å²) in [4.78, 5) is 25.4. The van der Waals surface area contributed by atoms with Gasteiger partial charge in [0.2, 0.25) is 11.8 Å². The first-order valence-electron chi connectivity index (χ1n) is 6.80. The molecule has 2 rings (SSSR count). The molecule has 1 aliphatic heterocycles. The summed E-state index contributed by atoms with van der Waals surface area (Å²) >= 11 is 4.95. The maximum atomic E-state index is 12.0. The zero-order valence-corrected chi connectivity index (χ0v) is 12.9. The second-order valence-electron chi connectivity index (χ2n) is 5.11. The summed E-state index contributed by atoms with van der Waals surface area (Å²) in [5, 5.41) is 0. The number of amides is 2. The maximum Gasteiger partial charge on any atom is 0.232 e. The van der Waals surface area contributed by atoms with Gasteiger partial charge in [-0.05, 0) is 12.1 Å². The average molecular weight is 306 g/mol. The molecule has 0 radical (unpaired) electrons. The van der Waals surface area contributed by atoms with E-state index in [-0.39, 0.29) is 41.8 Å². The van der Waals surface area contributed by atoms with Crippen LogP contribution in [-0.4, -0.2) is 34.9 Å².